The Morgan fingerprint density at radius 3 is 2.24 bits per heavy atom. The van der Waals surface area contributed by atoms with Crippen LogP contribution in [0.3, 0.4) is 0 Å². The molecule has 2 amide bonds. The average molecular weight is 501 g/mol. The molecule has 0 saturated heterocycles. The van der Waals surface area contributed by atoms with E-state index >= 15 is 0 Å². The monoisotopic (exact) mass is 500 g/mol. The van der Waals surface area contributed by atoms with E-state index in [1.54, 1.807) is 58.1 Å². The van der Waals surface area contributed by atoms with Gasteiger partial charge in [-0.3, -0.25) is 9.59 Å². The molecule has 4 rings (SSSR count). The minimum absolute atomic E-state index is 0.139. The molecule has 0 saturated carbocycles. The van der Waals surface area contributed by atoms with Crippen molar-refractivity contribution in [2.45, 2.75) is 13.0 Å². The summed E-state index contributed by atoms with van der Waals surface area (Å²) in [7, 11) is 4.68. The molecular weight excluding hydrogens is 472 g/mol. The first-order chi connectivity index (χ1) is 18.0. The van der Waals surface area contributed by atoms with Gasteiger partial charge in [0.2, 0.25) is 5.91 Å². The summed E-state index contributed by atoms with van der Waals surface area (Å²) >= 11 is 0. The van der Waals surface area contributed by atoms with Crippen molar-refractivity contribution in [3.63, 3.8) is 0 Å². The Hall–Kier alpha value is -4.79. The molecule has 37 heavy (non-hydrogen) atoms. The maximum atomic E-state index is 12.6. The molecule has 3 aromatic carbocycles. The van der Waals surface area contributed by atoms with Crippen LogP contribution in [0, 0.1) is 0 Å². The summed E-state index contributed by atoms with van der Waals surface area (Å²) in [4.78, 5) is 29.3. The minimum Gasteiger partial charge on any atom is -0.495 e. The van der Waals surface area contributed by atoms with Crippen LogP contribution in [0.4, 0.5) is 11.4 Å². The standard InChI is InChI=1S/C28H28N4O5/c1-35-24-7-5-4-6-22(24)31-28(34)23-17-32(18-29-23)16-19-8-11-21(12-9-19)30-27(33)15-20-10-13-25(36-2)26(14-20)37-3/h4-14,17-18H,15-16H2,1-3H3,(H,30,33)(H,31,34). The highest BCUT2D eigenvalue weighted by Crippen LogP contribution is 2.28. The Morgan fingerprint density at radius 2 is 1.51 bits per heavy atom. The van der Waals surface area contributed by atoms with Gasteiger partial charge in [-0.1, -0.05) is 30.3 Å². The van der Waals surface area contributed by atoms with Gasteiger partial charge in [0.05, 0.1) is 39.8 Å². The second-order valence-corrected chi connectivity index (χ2v) is 8.20. The Labute approximate surface area is 215 Å². The summed E-state index contributed by atoms with van der Waals surface area (Å²) in [6, 6.07) is 20.1. The number of imidazole rings is 1. The van der Waals surface area contributed by atoms with Crippen LogP contribution in [-0.4, -0.2) is 42.7 Å². The Bertz CT molecular complexity index is 1380. The molecule has 9 nitrogen and oxygen atoms in total. The summed E-state index contributed by atoms with van der Waals surface area (Å²) in [5, 5.41) is 5.72. The lowest BCUT2D eigenvalue weighted by Gasteiger charge is -2.10. The van der Waals surface area contributed by atoms with E-state index < -0.39 is 0 Å². The number of anilines is 2. The van der Waals surface area contributed by atoms with E-state index in [9.17, 15) is 9.59 Å². The van der Waals surface area contributed by atoms with Crippen molar-refractivity contribution in [1.29, 1.82) is 0 Å². The summed E-state index contributed by atoms with van der Waals surface area (Å²) in [6.45, 7) is 0.523. The molecule has 1 heterocycles. The summed E-state index contributed by atoms with van der Waals surface area (Å²) in [6.07, 6.45) is 3.50. The highest BCUT2D eigenvalue weighted by atomic mass is 16.5. The molecule has 0 atom stereocenters. The molecule has 9 heteroatoms. The van der Waals surface area contributed by atoms with Crippen LogP contribution >= 0.6 is 0 Å². The second-order valence-electron chi connectivity index (χ2n) is 8.20. The van der Waals surface area contributed by atoms with Crippen LogP contribution < -0.4 is 24.8 Å². The van der Waals surface area contributed by atoms with Crippen molar-refractivity contribution in [3.05, 3.63) is 96.1 Å². The molecule has 0 fully saturated rings. The summed E-state index contributed by atoms with van der Waals surface area (Å²) in [5.41, 5.74) is 3.37. The summed E-state index contributed by atoms with van der Waals surface area (Å²) < 4.78 is 17.6. The Balaban J connectivity index is 1.32. The Morgan fingerprint density at radius 1 is 0.811 bits per heavy atom. The molecule has 0 unspecified atom stereocenters. The van der Waals surface area contributed by atoms with Crippen LogP contribution in [0.5, 0.6) is 17.2 Å². The molecule has 0 radical (unpaired) electrons. The lowest BCUT2D eigenvalue weighted by Crippen LogP contribution is -2.14. The summed E-state index contributed by atoms with van der Waals surface area (Å²) in [5.74, 6) is 1.31. The molecule has 2 N–H and O–H groups in total. The number of hydrogen-bond acceptors (Lipinski definition) is 6. The van der Waals surface area contributed by atoms with Crippen molar-refractivity contribution in [1.82, 2.24) is 9.55 Å². The average Bonchev–Trinajstić information content (AvgIpc) is 3.38. The number of hydrogen-bond donors (Lipinski definition) is 2. The quantitative estimate of drug-likeness (QED) is 0.335. The van der Waals surface area contributed by atoms with Gasteiger partial charge in [0, 0.05) is 18.4 Å². The van der Waals surface area contributed by atoms with E-state index in [2.05, 4.69) is 15.6 Å². The molecular formula is C28H28N4O5. The number of benzene rings is 3. The molecule has 0 aliphatic carbocycles. The van der Waals surface area contributed by atoms with E-state index in [-0.39, 0.29) is 18.2 Å². The number of ether oxygens (including phenoxy) is 3. The predicted molar refractivity (Wildman–Crippen MR) is 141 cm³/mol. The lowest BCUT2D eigenvalue weighted by molar-refractivity contribution is -0.115. The molecule has 190 valence electrons. The fourth-order valence-corrected chi connectivity index (χ4v) is 3.78. The number of carbonyl (C=O) groups excluding carboxylic acids is 2. The van der Waals surface area contributed by atoms with Crippen molar-refractivity contribution < 1.29 is 23.8 Å². The van der Waals surface area contributed by atoms with Crippen LogP contribution in [-0.2, 0) is 17.8 Å². The van der Waals surface area contributed by atoms with Crippen molar-refractivity contribution in [3.8, 4) is 17.2 Å². The van der Waals surface area contributed by atoms with Gasteiger partial charge in [0.1, 0.15) is 11.4 Å². The first kappa shape index (κ1) is 25.3. The van der Waals surface area contributed by atoms with Crippen LogP contribution in [0.25, 0.3) is 0 Å². The highest BCUT2D eigenvalue weighted by molar-refractivity contribution is 6.03. The van der Waals surface area contributed by atoms with Crippen molar-refractivity contribution in [2.75, 3.05) is 32.0 Å². The smallest absolute Gasteiger partial charge is 0.275 e. The van der Waals surface area contributed by atoms with E-state index in [1.165, 1.54) is 0 Å². The Kier molecular flexibility index (Phi) is 8.05. The topological polar surface area (TPSA) is 104 Å². The number of nitrogens with one attached hydrogen (secondary N) is 2. The number of methoxy groups -OCH3 is 3. The third-order valence-electron chi connectivity index (χ3n) is 5.64. The minimum atomic E-state index is -0.323. The predicted octanol–water partition coefficient (Wildman–Crippen LogP) is 4.39. The third-order valence-corrected chi connectivity index (χ3v) is 5.64. The van der Waals surface area contributed by atoms with Gasteiger partial charge in [0.25, 0.3) is 5.91 Å². The maximum absolute atomic E-state index is 12.6. The number of nitrogens with zero attached hydrogens (tertiary/aromatic N) is 2. The fourth-order valence-electron chi connectivity index (χ4n) is 3.78. The fraction of sp³-hybridized carbons (Fsp3) is 0.179. The van der Waals surface area contributed by atoms with E-state index in [1.807, 2.05) is 47.0 Å². The number of rotatable bonds is 10. The highest BCUT2D eigenvalue weighted by Gasteiger charge is 2.13. The molecule has 0 bridgehead atoms. The molecule has 0 spiro atoms. The zero-order valence-corrected chi connectivity index (χ0v) is 20.9. The van der Waals surface area contributed by atoms with Crippen molar-refractivity contribution in [2.24, 2.45) is 0 Å². The SMILES string of the molecule is COc1ccccc1NC(=O)c1cn(Cc2ccc(NC(=O)Cc3ccc(OC)c(OC)c3)cc2)cn1. The van der Waals surface area contributed by atoms with E-state index in [4.69, 9.17) is 14.2 Å². The van der Waals surface area contributed by atoms with Crippen molar-refractivity contribution >= 4 is 23.2 Å². The zero-order chi connectivity index (χ0) is 26.2. The van der Waals surface area contributed by atoms with Gasteiger partial charge in [-0.15, -0.1) is 0 Å². The zero-order valence-electron chi connectivity index (χ0n) is 20.9. The van der Waals surface area contributed by atoms with Gasteiger partial charge in [-0.25, -0.2) is 4.98 Å². The largest absolute Gasteiger partial charge is 0.495 e. The number of amides is 2. The van der Waals surface area contributed by atoms with Crippen LogP contribution in [0.15, 0.2) is 79.3 Å². The first-order valence-electron chi connectivity index (χ1n) is 11.5. The van der Waals surface area contributed by atoms with Gasteiger partial charge in [-0.05, 0) is 47.5 Å². The van der Waals surface area contributed by atoms with Crippen LogP contribution in [0.1, 0.15) is 21.6 Å². The lowest BCUT2D eigenvalue weighted by atomic mass is 10.1. The number of carbonyl (C=O) groups is 2. The molecule has 0 aliphatic heterocycles. The molecule has 0 aliphatic rings. The van der Waals surface area contributed by atoms with Gasteiger partial charge < -0.3 is 29.4 Å². The van der Waals surface area contributed by atoms with Gasteiger partial charge in [-0.2, -0.15) is 0 Å². The maximum Gasteiger partial charge on any atom is 0.275 e. The van der Waals surface area contributed by atoms with E-state index in [0.717, 1.165) is 11.1 Å². The normalized spacial score (nSPS) is 10.5. The number of aromatic nitrogens is 2. The van der Waals surface area contributed by atoms with Crippen LogP contribution in [0.2, 0.25) is 0 Å². The van der Waals surface area contributed by atoms with E-state index in [0.29, 0.717) is 40.9 Å². The number of para-hydroxylation sites is 2. The first-order valence-corrected chi connectivity index (χ1v) is 11.5. The van der Waals surface area contributed by atoms with Gasteiger partial charge in [0.15, 0.2) is 11.5 Å². The molecule has 4 aromatic rings. The van der Waals surface area contributed by atoms with Gasteiger partial charge >= 0.3 is 0 Å². The third kappa shape index (κ3) is 6.46. The second kappa shape index (κ2) is 11.8. The molecule has 1 aromatic heterocycles.